The van der Waals surface area contributed by atoms with E-state index in [1.54, 1.807) is 0 Å². The highest BCUT2D eigenvalue weighted by molar-refractivity contribution is 6.30. The van der Waals surface area contributed by atoms with E-state index in [4.69, 9.17) is 11.6 Å². The molecule has 2 aromatic rings. The van der Waals surface area contributed by atoms with Gasteiger partial charge in [0.2, 0.25) is 5.91 Å². The molecule has 1 saturated carbocycles. The van der Waals surface area contributed by atoms with E-state index in [2.05, 4.69) is 46.2 Å². The van der Waals surface area contributed by atoms with Gasteiger partial charge in [0.25, 0.3) is 0 Å². The summed E-state index contributed by atoms with van der Waals surface area (Å²) in [6, 6.07) is 17.5. The third-order valence-electron chi connectivity index (χ3n) is 8.05. The molecule has 1 aliphatic carbocycles. The van der Waals surface area contributed by atoms with E-state index in [0.29, 0.717) is 11.8 Å². The summed E-state index contributed by atoms with van der Waals surface area (Å²) in [5.74, 6) is 1.32. The van der Waals surface area contributed by atoms with Crippen LogP contribution in [0.1, 0.15) is 73.6 Å². The van der Waals surface area contributed by atoms with Crippen molar-refractivity contribution in [2.75, 3.05) is 26.2 Å². The highest BCUT2D eigenvalue weighted by Gasteiger charge is 2.35. The van der Waals surface area contributed by atoms with Gasteiger partial charge in [-0.25, -0.2) is 0 Å². The number of carbonyl (C=O) groups excluding carboxylic acids is 1. The second kappa shape index (κ2) is 9.97. The van der Waals surface area contributed by atoms with Crippen molar-refractivity contribution in [1.82, 2.24) is 9.80 Å². The normalized spacial score (nSPS) is 22.8. The zero-order valence-corrected chi connectivity index (χ0v) is 19.8. The second-order valence-electron chi connectivity index (χ2n) is 9.93. The molecule has 2 heterocycles. The standard InChI is InChI=1S/C28H35ClN2O/c29-25-11-9-21(10-12-25)22-13-17-30(18-14-22)19-16-27-26-8-4-3-5-23(26)15-20-31(27)28(32)24-6-1-2-7-24/h3-5,8-12,22,24,27H,1-2,6-7,13-20H2. The predicted octanol–water partition coefficient (Wildman–Crippen LogP) is 6.23. The van der Waals surface area contributed by atoms with Crippen LogP contribution in [0.2, 0.25) is 5.02 Å². The van der Waals surface area contributed by atoms with Gasteiger partial charge < -0.3 is 9.80 Å². The minimum absolute atomic E-state index is 0.238. The fourth-order valence-electron chi connectivity index (χ4n) is 6.16. The lowest BCUT2D eigenvalue weighted by atomic mass is 9.88. The summed E-state index contributed by atoms with van der Waals surface area (Å²) in [6.45, 7) is 4.23. The van der Waals surface area contributed by atoms with Gasteiger partial charge in [0.05, 0.1) is 6.04 Å². The van der Waals surface area contributed by atoms with Crippen LogP contribution in [0.4, 0.5) is 0 Å². The maximum absolute atomic E-state index is 13.4. The van der Waals surface area contributed by atoms with Crippen molar-refractivity contribution in [3.63, 3.8) is 0 Å². The molecule has 2 fully saturated rings. The number of halogens is 1. The van der Waals surface area contributed by atoms with Crippen molar-refractivity contribution >= 4 is 17.5 Å². The van der Waals surface area contributed by atoms with Gasteiger partial charge in [0.15, 0.2) is 0 Å². The van der Waals surface area contributed by atoms with Crippen LogP contribution in [-0.2, 0) is 11.2 Å². The first-order chi connectivity index (χ1) is 15.7. The Bertz CT molecular complexity index is 913. The summed E-state index contributed by atoms with van der Waals surface area (Å²) < 4.78 is 0. The second-order valence-corrected chi connectivity index (χ2v) is 10.4. The van der Waals surface area contributed by atoms with Crippen LogP contribution in [0.25, 0.3) is 0 Å². The van der Waals surface area contributed by atoms with Gasteiger partial charge in [-0.15, -0.1) is 0 Å². The number of likely N-dealkylation sites (tertiary alicyclic amines) is 1. The van der Waals surface area contributed by atoms with E-state index >= 15 is 0 Å². The molecule has 3 nitrogen and oxygen atoms in total. The number of piperidine rings is 1. The SMILES string of the molecule is O=C(C1CCCC1)N1CCc2ccccc2C1CCN1CCC(c2ccc(Cl)cc2)CC1. The molecule has 0 spiro atoms. The Kier molecular flexibility index (Phi) is 6.85. The number of rotatable bonds is 5. The first-order valence-corrected chi connectivity index (χ1v) is 12.9. The Labute approximate surface area is 197 Å². The number of hydrogen-bond acceptors (Lipinski definition) is 2. The number of nitrogens with zero attached hydrogens (tertiary/aromatic N) is 2. The largest absolute Gasteiger partial charge is 0.335 e. The van der Waals surface area contributed by atoms with Crippen molar-refractivity contribution in [3.8, 4) is 0 Å². The first-order valence-electron chi connectivity index (χ1n) is 12.5. The number of fused-ring (bicyclic) bond motifs is 1. The molecular weight excluding hydrogens is 416 g/mol. The molecule has 1 atom stereocenters. The summed E-state index contributed by atoms with van der Waals surface area (Å²) in [6.07, 6.45) is 9.05. The Morgan fingerprint density at radius 2 is 1.62 bits per heavy atom. The van der Waals surface area contributed by atoms with E-state index < -0.39 is 0 Å². The third-order valence-corrected chi connectivity index (χ3v) is 8.30. The topological polar surface area (TPSA) is 23.6 Å². The van der Waals surface area contributed by atoms with Crippen molar-refractivity contribution in [3.05, 3.63) is 70.2 Å². The van der Waals surface area contributed by atoms with Gasteiger partial charge in [-0.2, -0.15) is 0 Å². The number of amides is 1. The summed E-state index contributed by atoms with van der Waals surface area (Å²) in [5.41, 5.74) is 4.25. The molecule has 4 heteroatoms. The molecular formula is C28H35ClN2O. The molecule has 0 aromatic heterocycles. The zero-order chi connectivity index (χ0) is 21.9. The summed E-state index contributed by atoms with van der Waals surface area (Å²) in [7, 11) is 0. The fraction of sp³-hybridized carbons (Fsp3) is 0.536. The Morgan fingerprint density at radius 3 is 2.38 bits per heavy atom. The minimum atomic E-state index is 0.238. The average Bonchev–Trinajstić information content (AvgIpc) is 3.38. The molecule has 3 aliphatic rings. The van der Waals surface area contributed by atoms with Crippen LogP contribution < -0.4 is 0 Å². The van der Waals surface area contributed by atoms with Crippen molar-refractivity contribution < 1.29 is 4.79 Å². The fourth-order valence-corrected chi connectivity index (χ4v) is 6.29. The maximum atomic E-state index is 13.4. The van der Waals surface area contributed by atoms with E-state index in [1.165, 1.54) is 42.4 Å². The molecule has 170 valence electrons. The van der Waals surface area contributed by atoms with Crippen LogP contribution in [0.15, 0.2) is 48.5 Å². The van der Waals surface area contributed by atoms with Crippen LogP contribution >= 0.6 is 11.6 Å². The quantitative estimate of drug-likeness (QED) is 0.539. The highest BCUT2D eigenvalue weighted by atomic mass is 35.5. The monoisotopic (exact) mass is 450 g/mol. The Balaban J connectivity index is 1.23. The third kappa shape index (κ3) is 4.75. The lowest BCUT2D eigenvalue weighted by Crippen LogP contribution is -2.44. The van der Waals surface area contributed by atoms with Crippen LogP contribution in [0.5, 0.6) is 0 Å². The van der Waals surface area contributed by atoms with Crippen LogP contribution in [0.3, 0.4) is 0 Å². The Hall–Kier alpha value is -1.84. The van der Waals surface area contributed by atoms with Gasteiger partial charge in [-0.1, -0.05) is 60.8 Å². The lowest BCUT2D eigenvalue weighted by Gasteiger charge is -2.40. The van der Waals surface area contributed by atoms with Crippen LogP contribution in [0, 0.1) is 5.92 Å². The van der Waals surface area contributed by atoms with Crippen LogP contribution in [-0.4, -0.2) is 41.9 Å². The molecule has 0 bridgehead atoms. The predicted molar refractivity (Wildman–Crippen MR) is 131 cm³/mol. The molecule has 0 radical (unpaired) electrons. The average molecular weight is 451 g/mol. The van der Waals surface area contributed by atoms with Gasteiger partial charge in [-0.05, 0) is 86.4 Å². The van der Waals surface area contributed by atoms with Gasteiger partial charge in [0, 0.05) is 24.0 Å². The van der Waals surface area contributed by atoms with Gasteiger partial charge >= 0.3 is 0 Å². The van der Waals surface area contributed by atoms with E-state index in [0.717, 1.165) is 56.9 Å². The molecule has 0 N–H and O–H groups in total. The summed E-state index contributed by atoms with van der Waals surface area (Å²) in [4.78, 5) is 18.3. The van der Waals surface area contributed by atoms with Gasteiger partial charge in [0.1, 0.15) is 0 Å². The Morgan fingerprint density at radius 1 is 0.906 bits per heavy atom. The van der Waals surface area contributed by atoms with Crippen molar-refractivity contribution in [2.24, 2.45) is 5.92 Å². The molecule has 2 aromatic carbocycles. The van der Waals surface area contributed by atoms with E-state index in [1.807, 2.05) is 12.1 Å². The number of benzene rings is 2. The molecule has 5 rings (SSSR count). The number of carbonyl (C=O) groups is 1. The first kappa shape index (κ1) is 22.0. The smallest absolute Gasteiger partial charge is 0.226 e. The van der Waals surface area contributed by atoms with E-state index in [9.17, 15) is 4.79 Å². The molecule has 1 amide bonds. The lowest BCUT2D eigenvalue weighted by molar-refractivity contribution is -0.138. The molecule has 2 aliphatic heterocycles. The van der Waals surface area contributed by atoms with Gasteiger partial charge in [-0.3, -0.25) is 4.79 Å². The molecule has 1 unspecified atom stereocenters. The minimum Gasteiger partial charge on any atom is -0.335 e. The van der Waals surface area contributed by atoms with Crippen molar-refractivity contribution in [1.29, 1.82) is 0 Å². The van der Waals surface area contributed by atoms with Crippen molar-refractivity contribution in [2.45, 2.75) is 63.3 Å². The molecule has 32 heavy (non-hydrogen) atoms. The van der Waals surface area contributed by atoms with E-state index in [-0.39, 0.29) is 12.0 Å². The summed E-state index contributed by atoms with van der Waals surface area (Å²) in [5, 5.41) is 0.815. The number of hydrogen-bond donors (Lipinski definition) is 0. The maximum Gasteiger partial charge on any atom is 0.226 e. The molecule has 1 saturated heterocycles. The highest BCUT2D eigenvalue weighted by Crippen LogP contribution is 2.37. The summed E-state index contributed by atoms with van der Waals surface area (Å²) >= 11 is 6.06. The zero-order valence-electron chi connectivity index (χ0n) is 19.0.